The Labute approximate surface area is 303 Å². The number of hydrogen-bond donors (Lipinski definition) is 1. The van der Waals surface area contributed by atoms with Crippen LogP contribution in [0.4, 0.5) is 0 Å². The molecule has 2 aromatic rings. The van der Waals surface area contributed by atoms with Gasteiger partial charge in [0.25, 0.3) is 0 Å². The highest BCUT2D eigenvalue weighted by Crippen LogP contribution is 2.43. The predicted molar refractivity (Wildman–Crippen MR) is 215 cm³/mol. The average Bonchev–Trinajstić information content (AvgIpc) is 4.00. The van der Waals surface area contributed by atoms with Crippen LogP contribution in [0.15, 0.2) is 96.7 Å². The maximum Gasteiger partial charge on any atom is 0.189 e. The maximum atomic E-state index is 14.0. The average molecular weight is 670 g/mol. The Balaban J connectivity index is 0.00000149. The summed E-state index contributed by atoms with van der Waals surface area (Å²) in [7, 11) is 0. The molecule has 0 heterocycles. The van der Waals surface area contributed by atoms with Crippen LogP contribution >= 0.6 is 0 Å². The minimum atomic E-state index is 0. The normalized spacial score (nSPS) is 23.9. The topological polar surface area (TPSA) is 46.2 Å². The molecule has 0 amide bonds. The zero-order chi connectivity index (χ0) is 35.2. The fraction of sp³-hybridized carbons (Fsp3) is 0.404. The molecule has 7 rings (SSSR count). The van der Waals surface area contributed by atoms with Crippen molar-refractivity contribution in [3.05, 3.63) is 135 Å². The number of rotatable bonds is 11. The fourth-order valence-corrected chi connectivity index (χ4v) is 8.11. The fourth-order valence-electron chi connectivity index (χ4n) is 8.11. The number of ketones is 2. The first-order chi connectivity index (χ1) is 24.4. The lowest BCUT2D eigenvalue weighted by atomic mass is 9.80. The van der Waals surface area contributed by atoms with E-state index in [0.29, 0.717) is 30.2 Å². The van der Waals surface area contributed by atoms with Gasteiger partial charge in [-0.25, -0.2) is 0 Å². The Morgan fingerprint density at radius 3 is 2.54 bits per heavy atom. The quantitative estimate of drug-likeness (QED) is 0.147. The van der Waals surface area contributed by atoms with Gasteiger partial charge in [0.15, 0.2) is 11.6 Å². The second-order valence-corrected chi connectivity index (χ2v) is 14.8. The monoisotopic (exact) mass is 669 g/mol. The summed E-state index contributed by atoms with van der Waals surface area (Å²) in [6.45, 7) is 13.1. The molecule has 1 N–H and O–H groups in total. The molecule has 3 nitrogen and oxygen atoms in total. The van der Waals surface area contributed by atoms with Crippen LogP contribution in [0.5, 0.6) is 0 Å². The van der Waals surface area contributed by atoms with Crippen molar-refractivity contribution < 1.29 is 12.4 Å². The van der Waals surface area contributed by atoms with Gasteiger partial charge in [0, 0.05) is 38.9 Å². The standard InChI is InChI=1S/C45H49NO2.C2H6.2H2/c1-4-31-11-19-39(20-12-31)46-22-6-8-40(47)26-36-16-17-37(27-44(36)32-14-15-32)45(48)42-21-18-35-25-34(42)7-5-9-41(35)43-28-38-23-29(2)10-13-33(38)24-30(43)3;1-2;;/h4-9,13,16-18,21,23-24,27-29,31-32,34,39,46H,1,10-12,14-15,19-20,22,25-26H2,2-3H3;1-2H3;2*1H/b8-6+;;;. The molecule has 0 radical (unpaired) electrons. The van der Waals surface area contributed by atoms with Gasteiger partial charge in [-0.1, -0.05) is 93.7 Å². The van der Waals surface area contributed by atoms with Crippen LogP contribution in [0.1, 0.15) is 114 Å². The molecule has 5 aliphatic rings. The first-order valence-electron chi connectivity index (χ1n) is 19.2. The number of carbonyl (C=O) groups is 2. The summed E-state index contributed by atoms with van der Waals surface area (Å²) in [6, 6.07) is 11.3. The third-order valence-electron chi connectivity index (χ3n) is 11.1. The number of nitrogens with one attached hydrogen (secondary N) is 1. The van der Waals surface area contributed by atoms with Gasteiger partial charge in [-0.05, 0) is 138 Å². The van der Waals surface area contributed by atoms with Crippen molar-refractivity contribution in [2.24, 2.45) is 17.8 Å². The highest BCUT2D eigenvalue weighted by molar-refractivity contribution is 6.10. The Morgan fingerprint density at radius 2 is 1.78 bits per heavy atom. The smallest absolute Gasteiger partial charge is 0.189 e. The SMILES string of the molecule is C=CC1CCC(NC/C=C/C(=O)Cc2ccc(C(=O)C3=CC=C4CC3C=CC=C4c3cc4c(cc3C)=CCC(C)C=4)cc2C2CC2)CC1.CC.[HH].[HH]. The van der Waals surface area contributed by atoms with Gasteiger partial charge in [-0.15, -0.1) is 6.58 Å². The molecule has 3 heteroatoms. The molecule has 2 bridgehead atoms. The zero-order valence-corrected chi connectivity index (χ0v) is 30.6. The van der Waals surface area contributed by atoms with E-state index in [2.05, 4.69) is 92.6 Å². The van der Waals surface area contributed by atoms with E-state index in [1.54, 1.807) is 6.08 Å². The van der Waals surface area contributed by atoms with Gasteiger partial charge in [0.1, 0.15) is 0 Å². The van der Waals surface area contributed by atoms with Crippen molar-refractivity contribution in [1.29, 1.82) is 0 Å². The molecule has 2 fully saturated rings. The third-order valence-corrected chi connectivity index (χ3v) is 11.1. The second-order valence-electron chi connectivity index (χ2n) is 14.8. The molecule has 2 atom stereocenters. The minimum absolute atomic E-state index is 0. The van der Waals surface area contributed by atoms with Crippen molar-refractivity contribution in [2.75, 3.05) is 6.54 Å². The van der Waals surface area contributed by atoms with E-state index in [4.69, 9.17) is 0 Å². The minimum Gasteiger partial charge on any atom is -0.311 e. The number of carbonyl (C=O) groups excluding carboxylic acids is 2. The van der Waals surface area contributed by atoms with Crippen LogP contribution in [-0.4, -0.2) is 24.2 Å². The molecule has 5 aliphatic carbocycles. The lowest BCUT2D eigenvalue weighted by Crippen LogP contribution is -2.32. The van der Waals surface area contributed by atoms with Gasteiger partial charge in [0.2, 0.25) is 0 Å². The lowest BCUT2D eigenvalue weighted by Gasteiger charge is -2.27. The van der Waals surface area contributed by atoms with Gasteiger partial charge >= 0.3 is 0 Å². The van der Waals surface area contributed by atoms with E-state index in [1.807, 2.05) is 32.1 Å². The summed E-state index contributed by atoms with van der Waals surface area (Å²) < 4.78 is 0. The number of aryl methyl sites for hydroxylation is 1. The van der Waals surface area contributed by atoms with Crippen LogP contribution < -0.4 is 15.8 Å². The molecule has 2 unspecified atom stereocenters. The van der Waals surface area contributed by atoms with Crippen molar-refractivity contribution in [1.82, 2.24) is 5.32 Å². The molecule has 2 saturated carbocycles. The molecule has 0 spiro atoms. The molecule has 0 aromatic heterocycles. The first kappa shape index (κ1) is 35.7. The van der Waals surface area contributed by atoms with E-state index >= 15 is 0 Å². The van der Waals surface area contributed by atoms with Crippen molar-refractivity contribution >= 4 is 29.3 Å². The van der Waals surface area contributed by atoms with Crippen molar-refractivity contribution in [3.63, 3.8) is 0 Å². The van der Waals surface area contributed by atoms with Crippen LogP contribution in [0, 0.1) is 24.7 Å². The Hall–Kier alpha value is -4.08. The maximum absolute atomic E-state index is 14.0. The number of hydrogen-bond acceptors (Lipinski definition) is 3. The zero-order valence-electron chi connectivity index (χ0n) is 30.6. The van der Waals surface area contributed by atoms with Crippen molar-refractivity contribution in [2.45, 2.75) is 97.4 Å². The summed E-state index contributed by atoms with van der Waals surface area (Å²) >= 11 is 0. The number of allylic oxidation sites excluding steroid dienone is 10. The summed E-state index contributed by atoms with van der Waals surface area (Å²) in [5.74, 6) is 1.93. The Morgan fingerprint density at radius 1 is 0.980 bits per heavy atom. The molecular weight excluding hydrogens is 611 g/mol. The van der Waals surface area contributed by atoms with E-state index in [-0.39, 0.29) is 20.3 Å². The predicted octanol–water partition coefficient (Wildman–Crippen LogP) is 9.70. The van der Waals surface area contributed by atoms with Crippen LogP contribution in [0.2, 0.25) is 0 Å². The molecule has 264 valence electrons. The van der Waals surface area contributed by atoms with Crippen molar-refractivity contribution in [3.8, 4) is 0 Å². The van der Waals surface area contributed by atoms with E-state index in [9.17, 15) is 9.59 Å². The van der Waals surface area contributed by atoms with Gasteiger partial charge in [-0.2, -0.15) is 0 Å². The summed E-state index contributed by atoms with van der Waals surface area (Å²) in [5.41, 5.74) is 8.94. The first-order valence-corrected chi connectivity index (χ1v) is 19.2. The molecule has 2 aromatic carbocycles. The van der Waals surface area contributed by atoms with Gasteiger partial charge in [0.05, 0.1) is 0 Å². The Bertz CT molecular complexity index is 1910. The van der Waals surface area contributed by atoms with E-state index in [0.717, 1.165) is 48.9 Å². The van der Waals surface area contributed by atoms with E-state index < -0.39 is 0 Å². The van der Waals surface area contributed by atoms with E-state index in [1.165, 1.54) is 64.0 Å². The molecular formula is C47H59NO2. The number of fused-ring (bicyclic) bond motifs is 3. The molecule has 0 saturated heterocycles. The summed E-state index contributed by atoms with van der Waals surface area (Å²) in [6.07, 6.45) is 30.6. The summed E-state index contributed by atoms with van der Waals surface area (Å²) in [4.78, 5) is 27.0. The van der Waals surface area contributed by atoms with Gasteiger partial charge < -0.3 is 5.32 Å². The number of benzene rings is 2. The third kappa shape index (κ3) is 8.27. The Kier molecular flexibility index (Phi) is 11.6. The lowest BCUT2D eigenvalue weighted by molar-refractivity contribution is -0.114. The van der Waals surface area contributed by atoms with Gasteiger partial charge in [-0.3, -0.25) is 9.59 Å². The summed E-state index contributed by atoms with van der Waals surface area (Å²) in [5, 5.41) is 6.25. The van der Waals surface area contributed by atoms with Crippen LogP contribution in [-0.2, 0) is 11.2 Å². The van der Waals surface area contributed by atoms with Crippen LogP contribution in [0.25, 0.3) is 17.7 Å². The molecule has 50 heavy (non-hydrogen) atoms. The second kappa shape index (κ2) is 16.3. The van der Waals surface area contributed by atoms with Crippen LogP contribution in [0.3, 0.4) is 0 Å². The highest BCUT2D eigenvalue weighted by atomic mass is 16.1. The molecule has 0 aliphatic heterocycles. The highest BCUT2D eigenvalue weighted by Gasteiger charge is 2.30. The number of Topliss-reactive ketones (excluding diaryl/α,β-unsaturated/α-hetero) is 1. The largest absolute Gasteiger partial charge is 0.311 e.